The molecular formula is C18H14BrNO4S. The Morgan fingerprint density at radius 3 is 2.52 bits per heavy atom. The van der Waals surface area contributed by atoms with Crippen LogP contribution in [0.5, 0.6) is 0 Å². The SMILES string of the molecule is COC(=O)c1ccccc1SC1CC(=O)N(c2ccc(Br)cc2)C1=O. The largest absolute Gasteiger partial charge is 0.465 e. The molecular weight excluding hydrogens is 406 g/mol. The number of rotatable bonds is 4. The van der Waals surface area contributed by atoms with E-state index in [2.05, 4.69) is 15.9 Å². The Labute approximate surface area is 157 Å². The molecule has 1 aliphatic heterocycles. The van der Waals surface area contributed by atoms with Crippen molar-refractivity contribution in [1.82, 2.24) is 0 Å². The first-order valence-electron chi connectivity index (χ1n) is 7.47. The average molecular weight is 420 g/mol. The zero-order valence-electron chi connectivity index (χ0n) is 13.3. The number of ether oxygens (including phenoxy) is 1. The average Bonchev–Trinajstić information content (AvgIpc) is 2.89. The van der Waals surface area contributed by atoms with Gasteiger partial charge in [-0.15, -0.1) is 11.8 Å². The lowest BCUT2D eigenvalue weighted by Crippen LogP contribution is -2.31. The minimum absolute atomic E-state index is 0.0923. The molecule has 1 unspecified atom stereocenters. The maximum atomic E-state index is 12.7. The van der Waals surface area contributed by atoms with Crippen molar-refractivity contribution in [2.45, 2.75) is 16.6 Å². The van der Waals surface area contributed by atoms with Gasteiger partial charge >= 0.3 is 5.97 Å². The third kappa shape index (κ3) is 3.62. The molecule has 1 saturated heterocycles. The van der Waals surface area contributed by atoms with Crippen molar-refractivity contribution in [3.05, 3.63) is 58.6 Å². The van der Waals surface area contributed by atoms with Crippen LogP contribution in [0.2, 0.25) is 0 Å². The lowest BCUT2D eigenvalue weighted by molar-refractivity contribution is -0.121. The highest BCUT2D eigenvalue weighted by molar-refractivity contribution is 9.10. The van der Waals surface area contributed by atoms with Gasteiger partial charge in [0.15, 0.2) is 0 Å². The molecule has 3 rings (SSSR count). The molecule has 7 heteroatoms. The molecule has 0 aliphatic carbocycles. The summed E-state index contributed by atoms with van der Waals surface area (Å²) in [5.41, 5.74) is 0.930. The fraction of sp³-hybridized carbons (Fsp3) is 0.167. The molecule has 1 atom stereocenters. The fourth-order valence-electron chi connectivity index (χ4n) is 2.56. The summed E-state index contributed by atoms with van der Waals surface area (Å²) >= 11 is 4.55. The molecule has 25 heavy (non-hydrogen) atoms. The Balaban J connectivity index is 1.84. The second-order valence-corrected chi connectivity index (χ2v) is 7.50. The zero-order valence-corrected chi connectivity index (χ0v) is 15.7. The van der Waals surface area contributed by atoms with Gasteiger partial charge in [0.25, 0.3) is 0 Å². The molecule has 2 amide bonds. The topological polar surface area (TPSA) is 63.7 Å². The molecule has 0 aromatic heterocycles. The molecule has 2 aromatic carbocycles. The lowest BCUT2D eigenvalue weighted by Gasteiger charge is -2.15. The van der Waals surface area contributed by atoms with E-state index in [1.54, 1.807) is 48.5 Å². The second-order valence-electron chi connectivity index (χ2n) is 5.34. The Bertz CT molecular complexity index is 837. The number of anilines is 1. The summed E-state index contributed by atoms with van der Waals surface area (Å²) in [6.45, 7) is 0. The number of nitrogens with zero attached hydrogens (tertiary/aromatic N) is 1. The Morgan fingerprint density at radius 2 is 1.84 bits per heavy atom. The second kappa shape index (κ2) is 7.41. The number of carbonyl (C=O) groups excluding carboxylic acids is 3. The minimum Gasteiger partial charge on any atom is -0.465 e. The van der Waals surface area contributed by atoms with Crippen LogP contribution in [0, 0.1) is 0 Å². The van der Waals surface area contributed by atoms with Crippen LogP contribution in [0.3, 0.4) is 0 Å². The molecule has 0 saturated carbocycles. The van der Waals surface area contributed by atoms with Gasteiger partial charge in [-0.3, -0.25) is 9.59 Å². The number of amides is 2. The number of hydrogen-bond acceptors (Lipinski definition) is 5. The maximum absolute atomic E-state index is 12.7. The first kappa shape index (κ1) is 17.7. The van der Waals surface area contributed by atoms with Crippen LogP contribution in [0.1, 0.15) is 16.8 Å². The molecule has 1 fully saturated rings. The van der Waals surface area contributed by atoms with E-state index < -0.39 is 11.2 Å². The van der Waals surface area contributed by atoms with Gasteiger partial charge in [-0.05, 0) is 36.4 Å². The molecule has 1 aliphatic rings. The normalized spacial score (nSPS) is 17.0. The molecule has 2 aromatic rings. The van der Waals surface area contributed by atoms with Crippen LogP contribution in [0.25, 0.3) is 0 Å². The van der Waals surface area contributed by atoms with Crippen molar-refractivity contribution >= 4 is 51.2 Å². The van der Waals surface area contributed by atoms with E-state index in [1.807, 2.05) is 0 Å². The van der Waals surface area contributed by atoms with E-state index in [0.29, 0.717) is 16.1 Å². The van der Waals surface area contributed by atoms with Gasteiger partial charge in [-0.1, -0.05) is 28.1 Å². The number of benzene rings is 2. The van der Waals surface area contributed by atoms with E-state index in [0.717, 1.165) is 4.47 Å². The van der Waals surface area contributed by atoms with Crippen LogP contribution in [0.4, 0.5) is 5.69 Å². The number of imide groups is 1. The standard InChI is InChI=1S/C18H14BrNO4S/c1-24-18(23)13-4-2-3-5-14(13)25-15-10-16(21)20(17(15)22)12-8-6-11(19)7-9-12/h2-9,15H,10H2,1H3. The van der Waals surface area contributed by atoms with Crippen molar-refractivity contribution in [3.8, 4) is 0 Å². The van der Waals surface area contributed by atoms with Crippen molar-refractivity contribution in [2.75, 3.05) is 12.0 Å². The van der Waals surface area contributed by atoms with Gasteiger partial charge in [0.2, 0.25) is 11.8 Å². The predicted octanol–water partition coefficient (Wildman–Crippen LogP) is 3.66. The lowest BCUT2D eigenvalue weighted by atomic mass is 10.2. The Kier molecular flexibility index (Phi) is 5.24. The monoisotopic (exact) mass is 419 g/mol. The Morgan fingerprint density at radius 1 is 1.16 bits per heavy atom. The smallest absolute Gasteiger partial charge is 0.338 e. The van der Waals surface area contributed by atoms with E-state index in [9.17, 15) is 14.4 Å². The summed E-state index contributed by atoms with van der Waals surface area (Å²) in [5, 5.41) is -0.568. The highest BCUT2D eigenvalue weighted by atomic mass is 79.9. The summed E-state index contributed by atoms with van der Waals surface area (Å²) in [7, 11) is 1.31. The number of carbonyl (C=O) groups is 3. The summed E-state index contributed by atoms with van der Waals surface area (Å²) < 4.78 is 5.64. The van der Waals surface area contributed by atoms with E-state index in [4.69, 9.17) is 4.74 Å². The third-order valence-corrected chi connectivity index (χ3v) is 5.54. The van der Waals surface area contributed by atoms with Gasteiger partial charge in [0.05, 0.1) is 23.6 Å². The molecule has 128 valence electrons. The Hall–Kier alpha value is -2.12. The summed E-state index contributed by atoms with van der Waals surface area (Å²) in [6, 6.07) is 13.9. The highest BCUT2D eigenvalue weighted by Gasteiger charge is 2.40. The summed E-state index contributed by atoms with van der Waals surface area (Å²) in [5.74, 6) is -0.998. The molecule has 5 nitrogen and oxygen atoms in total. The zero-order chi connectivity index (χ0) is 18.0. The van der Waals surface area contributed by atoms with Gasteiger partial charge < -0.3 is 4.74 Å². The third-order valence-electron chi connectivity index (χ3n) is 3.75. The van der Waals surface area contributed by atoms with Crippen molar-refractivity contribution in [3.63, 3.8) is 0 Å². The molecule has 1 heterocycles. The van der Waals surface area contributed by atoms with Gasteiger partial charge in [0, 0.05) is 15.8 Å². The number of hydrogen-bond donors (Lipinski definition) is 0. The van der Waals surface area contributed by atoms with Crippen LogP contribution in [-0.2, 0) is 14.3 Å². The first-order chi connectivity index (χ1) is 12.0. The minimum atomic E-state index is -0.568. The molecule has 0 N–H and O–H groups in total. The van der Waals surface area contributed by atoms with Crippen LogP contribution in [0.15, 0.2) is 57.9 Å². The van der Waals surface area contributed by atoms with E-state index in [1.165, 1.54) is 23.8 Å². The van der Waals surface area contributed by atoms with Crippen LogP contribution in [-0.4, -0.2) is 30.1 Å². The highest BCUT2D eigenvalue weighted by Crippen LogP contribution is 2.35. The van der Waals surface area contributed by atoms with Crippen LogP contribution >= 0.6 is 27.7 Å². The molecule has 0 spiro atoms. The summed E-state index contributed by atoms with van der Waals surface area (Å²) in [4.78, 5) is 38.7. The summed E-state index contributed by atoms with van der Waals surface area (Å²) in [6.07, 6.45) is 0.0923. The number of esters is 1. The maximum Gasteiger partial charge on any atom is 0.338 e. The number of methoxy groups -OCH3 is 1. The molecule has 0 radical (unpaired) electrons. The van der Waals surface area contributed by atoms with Crippen molar-refractivity contribution in [2.24, 2.45) is 0 Å². The van der Waals surface area contributed by atoms with Crippen LogP contribution < -0.4 is 4.90 Å². The first-order valence-corrected chi connectivity index (χ1v) is 9.15. The van der Waals surface area contributed by atoms with E-state index in [-0.39, 0.29) is 18.2 Å². The fourth-order valence-corrected chi connectivity index (χ4v) is 4.00. The number of thioether (sulfide) groups is 1. The number of halogens is 1. The van der Waals surface area contributed by atoms with Crippen molar-refractivity contribution in [1.29, 1.82) is 0 Å². The quantitative estimate of drug-likeness (QED) is 0.558. The van der Waals surface area contributed by atoms with Gasteiger partial charge in [-0.2, -0.15) is 0 Å². The van der Waals surface area contributed by atoms with Crippen molar-refractivity contribution < 1.29 is 19.1 Å². The molecule has 0 bridgehead atoms. The van der Waals surface area contributed by atoms with E-state index >= 15 is 0 Å². The van der Waals surface area contributed by atoms with Gasteiger partial charge in [0.1, 0.15) is 0 Å². The van der Waals surface area contributed by atoms with Gasteiger partial charge in [-0.25, -0.2) is 9.69 Å². The predicted molar refractivity (Wildman–Crippen MR) is 98.7 cm³/mol.